The predicted molar refractivity (Wildman–Crippen MR) is 130 cm³/mol. The zero-order chi connectivity index (χ0) is 24.7. The van der Waals surface area contributed by atoms with Crippen LogP contribution in [0.25, 0.3) is 5.76 Å². The molecule has 1 aliphatic heterocycles. The number of rotatable bonds is 11. The van der Waals surface area contributed by atoms with Crippen molar-refractivity contribution in [3.63, 3.8) is 0 Å². The van der Waals surface area contributed by atoms with Crippen LogP contribution < -0.4 is 9.47 Å². The minimum absolute atomic E-state index is 0.0332. The van der Waals surface area contributed by atoms with Crippen LogP contribution in [0, 0.1) is 0 Å². The molecule has 2 aromatic carbocycles. The molecule has 1 unspecified atom stereocenters. The SMILES string of the molecule is CCCOc1cccc(/C(O)=C2/C(=O)C(=O)N(CCCOC)C2c2cccc(OC(C)C)c2)c1. The summed E-state index contributed by atoms with van der Waals surface area (Å²) in [7, 11) is 1.59. The molecule has 0 aliphatic carbocycles. The normalized spacial score (nSPS) is 17.4. The Morgan fingerprint density at radius 1 is 1.06 bits per heavy atom. The van der Waals surface area contributed by atoms with E-state index in [4.69, 9.17) is 14.2 Å². The first kappa shape index (κ1) is 25.3. The smallest absolute Gasteiger partial charge is 0.295 e. The van der Waals surface area contributed by atoms with Crippen molar-refractivity contribution in [2.45, 2.75) is 45.8 Å². The highest BCUT2D eigenvalue weighted by Crippen LogP contribution is 2.40. The van der Waals surface area contributed by atoms with Gasteiger partial charge in [-0.1, -0.05) is 31.2 Å². The number of Topliss-reactive ketones (excluding diaryl/α,β-unsaturated/α-hetero) is 1. The molecule has 1 atom stereocenters. The minimum Gasteiger partial charge on any atom is -0.507 e. The number of nitrogens with zero attached hydrogens (tertiary/aromatic N) is 1. The molecule has 0 bridgehead atoms. The highest BCUT2D eigenvalue weighted by atomic mass is 16.5. The number of aliphatic hydroxyl groups excluding tert-OH is 1. The number of carbonyl (C=O) groups excluding carboxylic acids is 2. The zero-order valence-corrected chi connectivity index (χ0v) is 20.2. The number of hydrogen-bond donors (Lipinski definition) is 1. The predicted octanol–water partition coefficient (Wildman–Crippen LogP) is 4.72. The lowest BCUT2D eigenvalue weighted by molar-refractivity contribution is -0.140. The molecule has 34 heavy (non-hydrogen) atoms. The third kappa shape index (κ3) is 5.78. The lowest BCUT2D eigenvalue weighted by atomic mass is 9.95. The van der Waals surface area contributed by atoms with Gasteiger partial charge in [-0.3, -0.25) is 9.59 Å². The number of methoxy groups -OCH3 is 1. The van der Waals surface area contributed by atoms with Gasteiger partial charge in [-0.05, 0) is 56.5 Å². The zero-order valence-electron chi connectivity index (χ0n) is 20.2. The topological polar surface area (TPSA) is 85.3 Å². The average Bonchev–Trinajstić information content (AvgIpc) is 3.07. The highest BCUT2D eigenvalue weighted by Gasteiger charge is 2.45. The second-order valence-electron chi connectivity index (χ2n) is 8.45. The maximum Gasteiger partial charge on any atom is 0.295 e. The molecular formula is C27H33NO6. The van der Waals surface area contributed by atoms with Gasteiger partial charge in [0, 0.05) is 25.8 Å². The van der Waals surface area contributed by atoms with E-state index in [0.717, 1.165) is 6.42 Å². The van der Waals surface area contributed by atoms with E-state index in [9.17, 15) is 14.7 Å². The van der Waals surface area contributed by atoms with Crippen LogP contribution in [0.15, 0.2) is 54.1 Å². The Bertz CT molecular complexity index is 1040. The molecule has 0 spiro atoms. The Morgan fingerprint density at radius 3 is 2.50 bits per heavy atom. The van der Waals surface area contributed by atoms with Crippen LogP contribution in [-0.4, -0.2) is 54.7 Å². The van der Waals surface area contributed by atoms with E-state index in [0.29, 0.717) is 48.8 Å². The number of amides is 1. The van der Waals surface area contributed by atoms with Gasteiger partial charge in [-0.25, -0.2) is 0 Å². The van der Waals surface area contributed by atoms with E-state index in [1.807, 2.05) is 45.0 Å². The first-order valence-corrected chi connectivity index (χ1v) is 11.6. The number of ether oxygens (including phenoxy) is 3. The van der Waals surface area contributed by atoms with Crippen LogP contribution in [0.4, 0.5) is 0 Å². The molecule has 182 valence electrons. The van der Waals surface area contributed by atoms with Crippen LogP contribution in [0.1, 0.15) is 50.8 Å². The Hall–Kier alpha value is -3.32. The van der Waals surface area contributed by atoms with Crippen molar-refractivity contribution in [1.82, 2.24) is 4.90 Å². The number of likely N-dealkylation sites (tertiary alicyclic amines) is 1. The molecule has 1 amide bonds. The quantitative estimate of drug-likeness (QED) is 0.223. The number of hydrogen-bond acceptors (Lipinski definition) is 6. The third-order valence-corrected chi connectivity index (χ3v) is 5.41. The van der Waals surface area contributed by atoms with Crippen LogP contribution >= 0.6 is 0 Å². The number of benzene rings is 2. The fraction of sp³-hybridized carbons (Fsp3) is 0.407. The van der Waals surface area contributed by atoms with Gasteiger partial charge in [0.2, 0.25) is 0 Å². The molecule has 2 aromatic rings. The first-order chi connectivity index (χ1) is 16.4. The van der Waals surface area contributed by atoms with E-state index in [-0.39, 0.29) is 17.4 Å². The van der Waals surface area contributed by atoms with Crippen molar-refractivity contribution in [3.8, 4) is 11.5 Å². The van der Waals surface area contributed by atoms with Gasteiger partial charge >= 0.3 is 0 Å². The average molecular weight is 468 g/mol. The molecule has 1 fully saturated rings. The lowest BCUT2D eigenvalue weighted by Gasteiger charge is -2.26. The van der Waals surface area contributed by atoms with Gasteiger partial charge in [-0.15, -0.1) is 0 Å². The summed E-state index contributed by atoms with van der Waals surface area (Å²) in [6, 6.07) is 13.5. The summed E-state index contributed by atoms with van der Waals surface area (Å²) in [5.74, 6) is -0.366. The summed E-state index contributed by atoms with van der Waals surface area (Å²) in [5, 5.41) is 11.3. The second kappa shape index (κ2) is 11.7. The third-order valence-electron chi connectivity index (χ3n) is 5.41. The Morgan fingerprint density at radius 2 is 1.79 bits per heavy atom. The summed E-state index contributed by atoms with van der Waals surface area (Å²) in [4.78, 5) is 27.7. The molecule has 0 radical (unpaired) electrons. The van der Waals surface area contributed by atoms with E-state index in [1.165, 1.54) is 4.90 Å². The summed E-state index contributed by atoms with van der Waals surface area (Å²) in [6.07, 6.45) is 1.37. The van der Waals surface area contributed by atoms with Crippen molar-refractivity contribution in [2.75, 3.05) is 26.9 Å². The van der Waals surface area contributed by atoms with E-state index >= 15 is 0 Å². The van der Waals surface area contributed by atoms with E-state index in [2.05, 4.69) is 0 Å². The number of aliphatic hydroxyl groups is 1. The van der Waals surface area contributed by atoms with Crippen molar-refractivity contribution in [1.29, 1.82) is 0 Å². The van der Waals surface area contributed by atoms with E-state index in [1.54, 1.807) is 31.4 Å². The molecule has 3 rings (SSSR count). The monoisotopic (exact) mass is 467 g/mol. The maximum atomic E-state index is 13.2. The molecular weight excluding hydrogens is 434 g/mol. The van der Waals surface area contributed by atoms with Gasteiger partial charge in [0.05, 0.1) is 24.3 Å². The van der Waals surface area contributed by atoms with Crippen molar-refractivity contribution in [3.05, 3.63) is 65.2 Å². The largest absolute Gasteiger partial charge is 0.507 e. The Labute approximate surface area is 200 Å². The summed E-state index contributed by atoms with van der Waals surface area (Å²) in [5.41, 5.74) is 1.16. The standard InChI is InChI=1S/C27H33NO6/c1-5-14-33-21-11-7-10-20(17-21)25(29)23-24(19-9-6-12-22(16-19)34-18(2)3)28(13-8-15-32-4)27(31)26(23)30/h6-7,9-12,16-18,24,29H,5,8,13-15H2,1-4H3/b25-23-. The fourth-order valence-corrected chi connectivity index (χ4v) is 3.98. The van der Waals surface area contributed by atoms with Gasteiger partial charge in [-0.2, -0.15) is 0 Å². The maximum absolute atomic E-state index is 13.2. The van der Waals surface area contributed by atoms with Crippen LogP contribution in [0.5, 0.6) is 11.5 Å². The molecule has 0 aromatic heterocycles. The molecule has 0 saturated carbocycles. The second-order valence-corrected chi connectivity index (χ2v) is 8.45. The van der Waals surface area contributed by atoms with Crippen molar-refractivity contribution in [2.24, 2.45) is 0 Å². The van der Waals surface area contributed by atoms with Gasteiger partial charge in [0.15, 0.2) is 0 Å². The van der Waals surface area contributed by atoms with Crippen LogP contribution in [0.2, 0.25) is 0 Å². The van der Waals surface area contributed by atoms with Crippen LogP contribution in [-0.2, 0) is 14.3 Å². The molecule has 1 aliphatic rings. The molecule has 7 nitrogen and oxygen atoms in total. The lowest BCUT2D eigenvalue weighted by Crippen LogP contribution is -2.31. The minimum atomic E-state index is -0.743. The molecule has 1 N–H and O–H groups in total. The highest BCUT2D eigenvalue weighted by molar-refractivity contribution is 6.46. The molecule has 7 heteroatoms. The Balaban J connectivity index is 2.09. The van der Waals surface area contributed by atoms with E-state index < -0.39 is 17.7 Å². The molecule has 1 heterocycles. The first-order valence-electron chi connectivity index (χ1n) is 11.6. The van der Waals surface area contributed by atoms with Crippen molar-refractivity contribution < 1.29 is 28.9 Å². The van der Waals surface area contributed by atoms with Crippen molar-refractivity contribution >= 4 is 17.4 Å². The summed E-state index contributed by atoms with van der Waals surface area (Å²) >= 11 is 0. The van der Waals surface area contributed by atoms with Crippen LogP contribution in [0.3, 0.4) is 0 Å². The van der Waals surface area contributed by atoms with Gasteiger partial charge in [0.25, 0.3) is 11.7 Å². The summed E-state index contributed by atoms with van der Waals surface area (Å²) < 4.78 is 16.7. The number of ketones is 1. The molecule has 1 saturated heterocycles. The van der Waals surface area contributed by atoms with Gasteiger partial charge in [0.1, 0.15) is 17.3 Å². The van der Waals surface area contributed by atoms with Gasteiger partial charge < -0.3 is 24.2 Å². The Kier molecular flexibility index (Phi) is 8.71. The summed E-state index contributed by atoms with van der Waals surface area (Å²) in [6.45, 7) is 7.16. The number of carbonyl (C=O) groups is 2. The fourth-order valence-electron chi connectivity index (χ4n) is 3.98.